The maximum absolute atomic E-state index is 6.45. The van der Waals surface area contributed by atoms with E-state index in [4.69, 9.17) is 13.9 Å². The summed E-state index contributed by atoms with van der Waals surface area (Å²) in [6.07, 6.45) is 3.37. The van der Waals surface area contributed by atoms with Gasteiger partial charge in [0.15, 0.2) is 5.79 Å². The van der Waals surface area contributed by atoms with E-state index in [1.165, 1.54) is 0 Å². The third-order valence-electron chi connectivity index (χ3n) is 4.78. The maximum Gasteiger partial charge on any atom is 0.250 e. The van der Waals surface area contributed by atoms with Crippen molar-refractivity contribution in [3.05, 3.63) is 11.8 Å². The molecule has 116 valence electrons. The Morgan fingerprint density at radius 2 is 1.85 bits per heavy atom. The van der Waals surface area contributed by atoms with Crippen LogP contribution in [-0.2, 0) is 13.9 Å². The van der Waals surface area contributed by atoms with Crippen LogP contribution < -0.4 is 0 Å². The number of ether oxygens (including phenoxy) is 2. The highest BCUT2D eigenvalue weighted by atomic mass is 28.4. The third-order valence-corrected chi connectivity index (χ3v) is 9.17. The summed E-state index contributed by atoms with van der Waals surface area (Å²) in [5, 5.41) is 0.222. The molecule has 3 atom stereocenters. The topological polar surface area (TPSA) is 27.7 Å². The van der Waals surface area contributed by atoms with Crippen LogP contribution in [0.25, 0.3) is 0 Å². The molecule has 20 heavy (non-hydrogen) atoms. The Bertz CT molecular complexity index is 406. The lowest BCUT2D eigenvalue weighted by atomic mass is 9.91. The van der Waals surface area contributed by atoms with Crippen LogP contribution in [-0.4, -0.2) is 26.3 Å². The summed E-state index contributed by atoms with van der Waals surface area (Å²) in [6, 6.07) is 0. The molecule has 0 aromatic rings. The molecular formula is C16H30O3Si. The second kappa shape index (κ2) is 4.85. The van der Waals surface area contributed by atoms with Crippen molar-refractivity contribution in [2.45, 2.75) is 84.1 Å². The van der Waals surface area contributed by atoms with Gasteiger partial charge >= 0.3 is 0 Å². The van der Waals surface area contributed by atoms with E-state index in [0.29, 0.717) is 5.92 Å². The van der Waals surface area contributed by atoms with E-state index in [9.17, 15) is 0 Å². The third kappa shape index (κ3) is 3.12. The first-order valence-corrected chi connectivity index (χ1v) is 10.6. The Labute approximate surface area is 124 Å². The standard InChI is InChI=1S/C16H30O3Si/c1-11-9-12(19-20(7,8)15(2,3)4)10-13-14(11)18-16(5,6)17-13/h9,11,13-14H,10H2,1-8H3/t11-,13-,14+/m1/s1. The Balaban J connectivity index is 2.11. The molecule has 4 heteroatoms. The lowest BCUT2D eigenvalue weighted by Crippen LogP contribution is -2.42. The van der Waals surface area contributed by atoms with Crippen molar-refractivity contribution in [2.24, 2.45) is 5.92 Å². The van der Waals surface area contributed by atoms with Gasteiger partial charge < -0.3 is 13.9 Å². The van der Waals surface area contributed by atoms with E-state index in [1.807, 2.05) is 13.8 Å². The molecule has 0 aromatic heterocycles. The minimum atomic E-state index is -1.77. The predicted molar refractivity (Wildman–Crippen MR) is 84.0 cm³/mol. The molecule has 0 N–H and O–H groups in total. The largest absolute Gasteiger partial charge is 0.547 e. The van der Waals surface area contributed by atoms with Gasteiger partial charge in [-0.05, 0) is 38.1 Å². The van der Waals surface area contributed by atoms with Crippen molar-refractivity contribution in [2.75, 3.05) is 0 Å². The normalized spacial score (nSPS) is 33.6. The second-order valence-corrected chi connectivity index (χ2v) is 12.9. The molecule has 0 bridgehead atoms. The molecule has 0 saturated carbocycles. The SMILES string of the molecule is C[C@@H]1C=C(O[Si](C)(C)C(C)(C)C)C[C@H]2OC(C)(C)O[C@@H]12. The summed E-state index contributed by atoms with van der Waals surface area (Å²) >= 11 is 0. The van der Waals surface area contributed by atoms with Gasteiger partial charge in [0.05, 0.1) is 18.0 Å². The summed E-state index contributed by atoms with van der Waals surface area (Å²) in [4.78, 5) is 0. The van der Waals surface area contributed by atoms with Gasteiger partial charge in [-0.15, -0.1) is 0 Å². The predicted octanol–water partition coefficient (Wildman–Crippen LogP) is 4.45. The highest BCUT2D eigenvalue weighted by Crippen LogP contribution is 2.43. The van der Waals surface area contributed by atoms with Crippen molar-refractivity contribution in [1.82, 2.24) is 0 Å². The molecule has 0 radical (unpaired) electrons. The molecule has 0 spiro atoms. The zero-order chi connectivity index (χ0) is 15.3. The molecule has 0 amide bonds. The van der Waals surface area contributed by atoms with Crippen LogP contribution in [0.4, 0.5) is 0 Å². The number of hydrogen-bond acceptors (Lipinski definition) is 3. The molecule has 2 aliphatic rings. The van der Waals surface area contributed by atoms with E-state index in [1.54, 1.807) is 0 Å². The minimum Gasteiger partial charge on any atom is -0.547 e. The molecule has 1 fully saturated rings. The molecule has 2 rings (SSSR count). The highest BCUT2D eigenvalue weighted by Gasteiger charge is 2.47. The minimum absolute atomic E-state index is 0.129. The van der Waals surface area contributed by atoms with E-state index < -0.39 is 14.1 Å². The van der Waals surface area contributed by atoms with Crippen molar-refractivity contribution >= 4 is 8.32 Å². The molecule has 0 aromatic carbocycles. The molecule has 0 unspecified atom stereocenters. The highest BCUT2D eigenvalue weighted by molar-refractivity contribution is 6.74. The fraction of sp³-hybridized carbons (Fsp3) is 0.875. The Morgan fingerprint density at radius 3 is 2.40 bits per heavy atom. The zero-order valence-electron chi connectivity index (χ0n) is 14.2. The Morgan fingerprint density at radius 1 is 1.25 bits per heavy atom. The van der Waals surface area contributed by atoms with Crippen molar-refractivity contribution in [3.8, 4) is 0 Å². The maximum atomic E-state index is 6.45. The van der Waals surface area contributed by atoms with Crippen LogP contribution in [0.5, 0.6) is 0 Å². The fourth-order valence-electron chi connectivity index (χ4n) is 2.68. The van der Waals surface area contributed by atoms with Gasteiger partial charge in [-0.25, -0.2) is 0 Å². The van der Waals surface area contributed by atoms with Gasteiger partial charge in [0.1, 0.15) is 0 Å². The summed E-state index contributed by atoms with van der Waals surface area (Å²) < 4.78 is 18.5. The summed E-state index contributed by atoms with van der Waals surface area (Å²) in [5.74, 6) is 0.978. The molecule has 3 nitrogen and oxygen atoms in total. The fourth-order valence-corrected chi connectivity index (χ4v) is 3.79. The zero-order valence-corrected chi connectivity index (χ0v) is 15.2. The van der Waals surface area contributed by atoms with Crippen LogP contribution in [0.2, 0.25) is 18.1 Å². The molecular weight excluding hydrogens is 268 g/mol. The first-order chi connectivity index (χ1) is 8.91. The number of hydrogen-bond donors (Lipinski definition) is 0. The Hall–Kier alpha value is -0.323. The van der Waals surface area contributed by atoms with Crippen LogP contribution in [0.15, 0.2) is 11.8 Å². The van der Waals surface area contributed by atoms with E-state index in [-0.39, 0.29) is 17.2 Å². The van der Waals surface area contributed by atoms with E-state index >= 15 is 0 Å². The van der Waals surface area contributed by atoms with Crippen molar-refractivity contribution < 1.29 is 13.9 Å². The average molecular weight is 298 g/mol. The van der Waals surface area contributed by atoms with Gasteiger partial charge in [0.25, 0.3) is 0 Å². The molecule has 1 saturated heterocycles. The van der Waals surface area contributed by atoms with Gasteiger partial charge in [-0.3, -0.25) is 0 Å². The van der Waals surface area contributed by atoms with Crippen LogP contribution in [0.1, 0.15) is 48.0 Å². The summed E-state index contributed by atoms with van der Waals surface area (Å²) in [7, 11) is -1.77. The Kier molecular flexibility index (Phi) is 3.90. The monoisotopic (exact) mass is 298 g/mol. The smallest absolute Gasteiger partial charge is 0.250 e. The van der Waals surface area contributed by atoms with Crippen molar-refractivity contribution in [3.63, 3.8) is 0 Å². The van der Waals surface area contributed by atoms with Gasteiger partial charge in [0, 0.05) is 12.3 Å². The lowest BCUT2D eigenvalue weighted by molar-refractivity contribution is -0.148. The summed E-state index contributed by atoms with van der Waals surface area (Å²) in [6.45, 7) is 17.6. The second-order valence-electron chi connectivity index (χ2n) is 8.20. The van der Waals surface area contributed by atoms with Crippen LogP contribution in [0.3, 0.4) is 0 Å². The van der Waals surface area contributed by atoms with E-state index in [0.717, 1.165) is 12.2 Å². The van der Waals surface area contributed by atoms with Crippen molar-refractivity contribution in [1.29, 1.82) is 0 Å². The first-order valence-electron chi connectivity index (χ1n) is 7.67. The van der Waals surface area contributed by atoms with Gasteiger partial charge in [-0.2, -0.15) is 0 Å². The van der Waals surface area contributed by atoms with Crippen LogP contribution in [0, 0.1) is 5.92 Å². The van der Waals surface area contributed by atoms with E-state index in [2.05, 4.69) is 46.9 Å². The number of fused-ring (bicyclic) bond motifs is 1. The molecule has 1 aliphatic carbocycles. The van der Waals surface area contributed by atoms with Crippen LogP contribution >= 0.6 is 0 Å². The molecule has 1 aliphatic heterocycles. The van der Waals surface area contributed by atoms with Gasteiger partial charge in [-0.1, -0.05) is 27.7 Å². The first kappa shape index (κ1) is 16.1. The lowest BCUT2D eigenvalue weighted by Gasteiger charge is -2.39. The van der Waals surface area contributed by atoms with Gasteiger partial charge in [0.2, 0.25) is 8.32 Å². The average Bonchev–Trinajstić information content (AvgIpc) is 2.50. The molecule has 1 heterocycles. The number of rotatable bonds is 2. The quantitative estimate of drug-likeness (QED) is 0.705. The summed E-state index contributed by atoms with van der Waals surface area (Å²) in [5.41, 5.74) is 0.